The molecular formula is C19H25NO4. The minimum atomic E-state index is 0.0411. The van der Waals surface area contributed by atoms with Gasteiger partial charge in [0.15, 0.2) is 6.61 Å². The van der Waals surface area contributed by atoms with Gasteiger partial charge in [0.25, 0.3) is 5.91 Å². The molecule has 0 aliphatic carbocycles. The highest BCUT2D eigenvalue weighted by Gasteiger charge is 2.42. The van der Waals surface area contributed by atoms with E-state index in [1.807, 2.05) is 29.2 Å². The zero-order chi connectivity index (χ0) is 17.0. The van der Waals surface area contributed by atoms with Gasteiger partial charge < -0.3 is 19.2 Å². The van der Waals surface area contributed by atoms with Crippen molar-refractivity contribution in [1.29, 1.82) is 0 Å². The van der Waals surface area contributed by atoms with E-state index in [0.29, 0.717) is 12.2 Å². The van der Waals surface area contributed by atoms with E-state index in [0.717, 1.165) is 51.1 Å². The van der Waals surface area contributed by atoms with Crippen molar-refractivity contribution in [3.05, 3.63) is 29.8 Å². The molecule has 1 atom stereocenters. The van der Waals surface area contributed by atoms with Gasteiger partial charge in [0.1, 0.15) is 11.5 Å². The normalized spacial score (nSPS) is 23.0. The summed E-state index contributed by atoms with van der Waals surface area (Å²) in [6, 6.07) is 7.62. The van der Waals surface area contributed by atoms with Gasteiger partial charge in [-0.15, -0.1) is 0 Å². The first-order chi connectivity index (χ1) is 11.6. The minimum Gasteiger partial charge on any atom is -0.484 e. The SMILES string of the molecule is CC(=O)CCc1ccc(OCC(=O)N2CCC3(CCOC3)C2)cc1. The van der Waals surface area contributed by atoms with Gasteiger partial charge in [0.2, 0.25) is 0 Å². The maximum Gasteiger partial charge on any atom is 0.260 e. The van der Waals surface area contributed by atoms with Crippen LogP contribution < -0.4 is 4.74 Å². The van der Waals surface area contributed by atoms with E-state index < -0.39 is 0 Å². The molecule has 0 radical (unpaired) electrons. The predicted octanol–water partition coefficient (Wildman–Crippen LogP) is 2.23. The highest BCUT2D eigenvalue weighted by molar-refractivity contribution is 5.78. The van der Waals surface area contributed by atoms with Crippen molar-refractivity contribution in [3.8, 4) is 5.75 Å². The smallest absolute Gasteiger partial charge is 0.260 e. The molecule has 0 aromatic heterocycles. The standard InChI is InChI=1S/C19H25NO4/c1-15(21)2-3-16-4-6-17(7-5-16)24-12-18(22)20-10-8-19(13-20)9-11-23-14-19/h4-7H,2-3,8-14H2,1H3. The minimum absolute atomic E-state index is 0.0411. The molecule has 0 bridgehead atoms. The Bertz CT molecular complexity index is 590. The summed E-state index contributed by atoms with van der Waals surface area (Å²) in [6.45, 7) is 4.86. The maximum atomic E-state index is 12.3. The fourth-order valence-electron chi connectivity index (χ4n) is 3.43. The summed E-state index contributed by atoms with van der Waals surface area (Å²) in [4.78, 5) is 25.2. The van der Waals surface area contributed by atoms with E-state index in [1.54, 1.807) is 6.92 Å². The molecule has 2 saturated heterocycles. The number of hydrogen-bond acceptors (Lipinski definition) is 4. The number of carbonyl (C=O) groups excluding carboxylic acids is 2. The molecule has 1 amide bonds. The lowest BCUT2D eigenvalue weighted by Gasteiger charge is -2.22. The fourth-order valence-corrected chi connectivity index (χ4v) is 3.43. The van der Waals surface area contributed by atoms with Crippen molar-refractivity contribution < 1.29 is 19.1 Å². The Balaban J connectivity index is 1.45. The summed E-state index contributed by atoms with van der Waals surface area (Å²) in [5, 5.41) is 0. The quantitative estimate of drug-likeness (QED) is 0.802. The van der Waals surface area contributed by atoms with Crippen LogP contribution in [0, 0.1) is 5.41 Å². The Hall–Kier alpha value is -1.88. The molecule has 2 heterocycles. The number of rotatable bonds is 6. The van der Waals surface area contributed by atoms with Gasteiger partial charge in [-0.2, -0.15) is 0 Å². The summed E-state index contributed by atoms with van der Waals surface area (Å²) < 4.78 is 11.1. The van der Waals surface area contributed by atoms with E-state index in [4.69, 9.17) is 9.47 Å². The second-order valence-electron chi connectivity index (χ2n) is 7.00. The zero-order valence-corrected chi connectivity index (χ0v) is 14.3. The van der Waals surface area contributed by atoms with E-state index in [2.05, 4.69) is 0 Å². The van der Waals surface area contributed by atoms with Crippen molar-refractivity contribution in [1.82, 2.24) is 4.90 Å². The highest BCUT2D eigenvalue weighted by atomic mass is 16.5. The van der Waals surface area contributed by atoms with Crippen LogP contribution in [0.4, 0.5) is 0 Å². The van der Waals surface area contributed by atoms with Gasteiger partial charge >= 0.3 is 0 Å². The van der Waals surface area contributed by atoms with Gasteiger partial charge in [-0.05, 0) is 43.9 Å². The van der Waals surface area contributed by atoms with Crippen molar-refractivity contribution in [2.24, 2.45) is 5.41 Å². The third-order valence-corrected chi connectivity index (χ3v) is 5.03. The number of amides is 1. The van der Waals surface area contributed by atoms with E-state index in [-0.39, 0.29) is 23.7 Å². The maximum absolute atomic E-state index is 12.3. The topological polar surface area (TPSA) is 55.8 Å². The van der Waals surface area contributed by atoms with Crippen LogP contribution in [0.5, 0.6) is 5.75 Å². The van der Waals surface area contributed by atoms with Crippen LogP contribution in [0.3, 0.4) is 0 Å². The molecule has 3 rings (SSSR count). The number of aryl methyl sites for hydroxylation is 1. The van der Waals surface area contributed by atoms with Gasteiger partial charge in [0, 0.05) is 31.5 Å². The lowest BCUT2D eigenvalue weighted by molar-refractivity contribution is -0.132. The lowest BCUT2D eigenvalue weighted by Crippen LogP contribution is -2.35. The van der Waals surface area contributed by atoms with Crippen LogP contribution in [-0.4, -0.2) is 49.5 Å². The van der Waals surface area contributed by atoms with Crippen molar-refractivity contribution in [2.45, 2.75) is 32.6 Å². The second kappa shape index (κ2) is 7.34. The second-order valence-corrected chi connectivity index (χ2v) is 7.00. The first-order valence-corrected chi connectivity index (χ1v) is 8.63. The molecule has 2 fully saturated rings. The Kier molecular flexibility index (Phi) is 5.19. The van der Waals surface area contributed by atoms with Gasteiger partial charge in [-0.3, -0.25) is 4.79 Å². The Morgan fingerprint density at radius 2 is 2.04 bits per heavy atom. The molecular weight excluding hydrogens is 306 g/mol. The fraction of sp³-hybridized carbons (Fsp3) is 0.579. The van der Waals surface area contributed by atoms with Gasteiger partial charge in [-0.25, -0.2) is 0 Å². The zero-order valence-electron chi connectivity index (χ0n) is 14.3. The van der Waals surface area contributed by atoms with E-state index >= 15 is 0 Å². The molecule has 24 heavy (non-hydrogen) atoms. The van der Waals surface area contributed by atoms with Crippen LogP contribution >= 0.6 is 0 Å². The number of carbonyl (C=O) groups is 2. The number of ketones is 1. The first kappa shape index (κ1) is 17.0. The number of hydrogen-bond donors (Lipinski definition) is 0. The third-order valence-electron chi connectivity index (χ3n) is 5.03. The number of ether oxygens (including phenoxy) is 2. The monoisotopic (exact) mass is 331 g/mol. The lowest BCUT2D eigenvalue weighted by atomic mass is 9.87. The molecule has 5 nitrogen and oxygen atoms in total. The van der Waals surface area contributed by atoms with Crippen molar-refractivity contribution >= 4 is 11.7 Å². The van der Waals surface area contributed by atoms with Crippen LogP contribution in [0.25, 0.3) is 0 Å². The van der Waals surface area contributed by atoms with Gasteiger partial charge in [0.05, 0.1) is 6.61 Å². The summed E-state index contributed by atoms with van der Waals surface area (Å²) in [6.07, 6.45) is 3.38. The number of likely N-dealkylation sites (tertiary alicyclic amines) is 1. The van der Waals surface area contributed by atoms with Crippen molar-refractivity contribution in [2.75, 3.05) is 32.9 Å². The Morgan fingerprint density at radius 3 is 2.71 bits per heavy atom. The molecule has 2 aliphatic rings. The van der Waals surface area contributed by atoms with Crippen LogP contribution in [0.2, 0.25) is 0 Å². The predicted molar refractivity (Wildman–Crippen MR) is 90.0 cm³/mol. The summed E-state index contributed by atoms with van der Waals surface area (Å²) in [5.74, 6) is 0.921. The van der Waals surface area contributed by atoms with E-state index in [1.165, 1.54) is 0 Å². The molecule has 2 aliphatic heterocycles. The molecule has 1 aromatic carbocycles. The average molecular weight is 331 g/mol. The Morgan fingerprint density at radius 1 is 1.25 bits per heavy atom. The summed E-state index contributed by atoms with van der Waals surface area (Å²) >= 11 is 0. The highest BCUT2D eigenvalue weighted by Crippen LogP contribution is 2.38. The van der Waals surface area contributed by atoms with Crippen molar-refractivity contribution in [3.63, 3.8) is 0 Å². The first-order valence-electron chi connectivity index (χ1n) is 8.63. The van der Waals surface area contributed by atoms with Crippen LogP contribution in [0.15, 0.2) is 24.3 Å². The molecule has 1 spiro atoms. The molecule has 130 valence electrons. The molecule has 1 unspecified atom stereocenters. The van der Waals surface area contributed by atoms with Crippen LogP contribution in [-0.2, 0) is 20.7 Å². The largest absolute Gasteiger partial charge is 0.484 e. The van der Waals surface area contributed by atoms with E-state index in [9.17, 15) is 9.59 Å². The third kappa shape index (κ3) is 4.15. The van der Waals surface area contributed by atoms with Gasteiger partial charge in [-0.1, -0.05) is 12.1 Å². The molecule has 5 heteroatoms. The molecule has 0 saturated carbocycles. The number of benzene rings is 1. The summed E-state index contributed by atoms with van der Waals surface area (Å²) in [5.41, 5.74) is 1.29. The average Bonchev–Trinajstić information content (AvgIpc) is 3.22. The molecule has 0 N–H and O–H groups in total. The molecule has 1 aromatic rings. The summed E-state index contributed by atoms with van der Waals surface area (Å²) in [7, 11) is 0. The Labute approximate surface area is 142 Å². The number of Topliss-reactive ketones (excluding diaryl/α,β-unsaturated/α-hetero) is 1. The van der Waals surface area contributed by atoms with Crippen LogP contribution in [0.1, 0.15) is 31.7 Å². The number of nitrogens with zero attached hydrogens (tertiary/aromatic N) is 1.